The van der Waals surface area contributed by atoms with Gasteiger partial charge in [0.25, 0.3) is 0 Å². The van der Waals surface area contributed by atoms with Crippen molar-refractivity contribution in [2.75, 3.05) is 19.9 Å². The molecular weight excluding hydrogens is 312 g/mol. The van der Waals surface area contributed by atoms with Gasteiger partial charge >= 0.3 is 0 Å². The largest absolute Gasteiger partial charge is 0.491 e. The Morgan fingerprint density at radius 2 is 2.14 bits per heavy atom. The molecule has 1 aromatic carbocycles. The van der Waals surface area contributed by atoms with Crippen molar-refractivity contribution in [3.05, 3.63) is 18.2 Å². The van der Waals surface area contributed by atoms with E-state index in [1.165, 1.54) is 0 Å². The van der Waals surface area contributed by atoms with E-state index >= 15 is 0 Å². The van der Waals surface area contributed by atoms with E-state index in [1.54, 1.807) is 18.2 Å². The third kappa shape index (κ3) is 3.73. The molecular formula is C14H19ClN2O5. The molecule has 1 atom stereocenters. The van der Waals surface area contributed by atoms with Crippen molar-refractivity contribution in [1.29, 1.82) is 0 Å². The third-order valence-electron chi connectivity index (χ3n) is 3.53. The standard InChI is InChI=1S/C14H18N2O5.ClH/c15-14(3-4-14)13(18)16-6-9(17)7-19-10-1-2-11-12(5-10)21-8-20-11;/h1-2,5,9,17H,3-4,6-8,15H2,(H,16,18);1H. The number of rotatable bonds is 6. The molecule has 0 saturated heterocycles. The maximum atomic E-state index is 11.6. The zero-order valence-electron chi connectivity index (χ0n) is 11.9. The van der Waals surface area contributed by atoms with Crippen LogP contribution in [0, 0.1) is 0 Å². The minimum Gasteiger partial charge on any atom is -0.491 e. The normalized spacial score (nSPS) is 18.1. The fourth-order valence-electron chi connectivity index (χ4n) is 1.97. The van der Waals surface area contributed by atoms with E-state index in [-0.39, 0.29) is 38.3 Å². The molecule has 8 heteroatoms. The molecule has 3 rings (SSSR count). The lowest BCUT2D eigenvalue weighted by Crippen LogP contribution is -2.46. The Labute approximate surface area is 134 Å². The summed E-state index contributed by atoms with van der Waals surface area (Å²) >= 11 is 0. The summed E-state index contributed by atoms with van der Waals surface area (Å²) in [5.74, 6) is 1.65. The molecule has 0 radical (unpaired) electrons. The van der Waals surface area contributed by atoms with Crippen LogP contribution in [0.4, 0.5) is 0 Å². The molecule has 22 heavy (non-hydrogen) atoms. The molecule has 1 heterocycles. The van der Waals surface area contributed by atoms with Crippen LogP contribution in [0.3, 0.4) is 0 Å². The van der Waals surface area contributed by atoms with Gasteiger partial charge in [-0.05, 0) is 25.0 Å². The van der Waals surface area contributed by atoms with Crippen molar-refractivity contribution < 1.29 is 24.1 Å². The number of aliphatic hydroxyl groups excluding tert-OH is 1. The molecule has 2 aliphatic rings. The van der Waals surface area contributed by atoms with Crippen molar-refractivity contribution in [2.24, 2.45) is 5.73 Å². The topological polar surface area (TPSA) is 103 Å². The number of hydrogen-bond donors (Lipinski definition) is 3. The molecule has 1 saturated carbocycles. The minimum absolute atomic E-state index is 0. The highest BCUT2D eigenvalue weighted by Gasteiger charge is 2.45. The molecule has 0 aromatic heterocycles. The van der Waals surface area contributed by atoms with Gasteiger partial charge in [0.1, 0.15) is 18.5 Å². The van der Waals surface area contributed by atoms with E-state index in [1.807, 2.05) is 0 Å². The summed E-state index contributed by atoms with van der Waals surface area (Å²) in [5.41, 5.74) is 5.02. The van der Waals surface area contributed by atoms with E-state index in [4.69, 9.17) is 19.9 Å². The quantitative estimate of drug-likeness (QED) is 0.688. The molecule has 0 bridgehead atoms. The first-order valence-electron chi connectivity index (χ1n) is 6.84. The first-order valence-corrected chi connectivity index (χ1v) is 6.84. The van der Waals surface area contributed by atoms with Crippen LogP contribution in [-0.4, -0.2) is 42.6 Å². The van der Waals surface area contributed by atoms with Gasteiger partial charge in [-0.15, -0.1) is 12.4 Å². The molecule has 1 fully saturated rings. The van der Waals surface area contributed by atoms with Crippen molar-refractivity contribution >= 4 is 18.3 Å². The SMILES string of the molecule is Cl.NC1(C(=O)NCC(O)COc2ccc3c(c2)OCO3)CC1. The highest BCUT2D eigenvalue weighted by molar-refractivity contribution is 5.88. The van der Waals surface area contributed by atoms with E-state index in [0.29, 0.717) is 30.1 Å². The van der Waals surface area contributed by atoms with Crippen LogP contribution < -0.4 is 25.3 Å². The fraction of sp³-hybridized carbons (Fsp3) is 0.500. The third-order valence-corrected chi connectivity index (χ3v) is 3.53. The van der Waals surface area contributed by atoms with Crippen LogP contribution in [0.5, 0.6) is 17.2 Å². The van der Waals surface area contributed by atoms with Crippen molar-refractivity contribution in [3.8, 4) is 17.2 Å². The van der Waals surface area contributed by atoms with Crippen LogP contribution >= 0.6 is 12.4 Å². The maximum Gasteiger partial charge on any atom is 0.240 e. The summed E-state index contributed by atoms with van der Waals surface area (Å²) in [4.78, 5) is 11.6. The van der Waals surface area contributed by atoms with E-state index in [9.17, 15) is 9.90 Å². The van der Waals surface area contributed by atoms with Crippen molar-refractivity contribution in [2.45, 2.75) is 24.5 Å². The van der Waals surface area contributed by atoms with Gasteiger partial charge in [0, 0.05) is 12.6 Å². The van der Waals surface area contributed by atoms with E-state index in [2.05, 4.69) is 5.32 Å². The second-order valence-electron chi connectivity index (χ2n) is 5.35. The molecule has 0 spiro atoms. The number of nitrogens with two attached hydrogens (primary N) is 1. The number of nitrogens with one attached hydrogen (secondary N) is 1. The van der Waals surface area contributed by atoms with Crippen LogP contribution in [0.25, 0.3) is 0 Å². The average Bonchev–Trinajstić information content (AvgIpc) is 3.07. The Kier molecular flexibility index (Phi) is 5.00. The predicted molar refractivity (Wildman–Crippen MR) is 80.5 cm³/mol. The van der Waals surface area contributed by atoms with Gasteiger partial charge in [-0.3, -0.25) is 4.79 Å². The van der Waals surface area contributed by atoms with E-state index < -0.39 is 11.6 Å². The summed E-state index contributed by atoms with van der Waals surface area (Å²) in [5, 5.41) is 12.4. The van der Waals surface area contributed by atoms with Gasteiger partial charge in [-0.1, -0.05) is 0 Å². The Balaban J connectivity index is 0.00000176. The van der Waals surface area contributed by atoms with Gasteiger partial charge in [-0.2, -0.15) is 0 Å². The Bertz CT molecular complexity index is 550. The zero-order chi connectivity index (χ0) is 14.9. The maximum absolute atomic E-state index is 11.6. The van der Waals surface area contributed by atoms with Crippen molar-refractivity contribution in [1.82, 2.24) is 5.32 Å². The molecule has 122 valence electrons. The zero-order valence-corrected chi connectivity index (χ0v) is 12.7. The number of fused-ring (bicyclic) bond motifs is 1. The molecule has 1 aliphatic heterocycles. The average molecular weight is 331 g/mol. The molecule has 1 amide bonds. The smallest absolute Gasteiger partial charge is 0.240 e. The van der Waals surface area contributed by atoms with Gasteiger partial charge in [0.05, 0.1) is 5.54 Å². The Morgan fingerprint density at radius 3 is 2.86 bits per heavy atom. The summed E-state index contributed by atoms with van der Waals surface area (Å²) in [6, 6.07) is 5.18. The molecule has 1 unspecified atom stereocenters. The first kappa shape index (κ1) is 16.7. The number of amides is 1. The summed E-state index contributed by atoms with van der Waals surface area (Å²) < 4.78 is 15.9. The number of carbonyl (C=O) groups excluding carboxylic acids is 1. The predicted octanol–water partition coefficient (Wildman–Crippen LogP) is 0.184. The van der Waals surface area contributed by atoms with Gasteiger partial charge < -0.3 is 30.4 Å². The summed E-state index contributed by atoms with van der Waals surface area (Å²) in [6.07, 6.45) is 0.590. The monoisotopic (exact) mass is 330 g/mol. The highest BCUT2D eigenvalue weighted by atomic mass is 35.5. The Morgan fingerprint density at radius 1 is 1.41 bits per heavy atom. The molecule has 1 aliphatic carbocycles. The van der Waals surface area contributed by atoms with Gasteiger partial charge in [-0.25, -0.2) is 0 Å². The number of carbonyl (C=O) groups is 1. The highest BCUT2D eigenvalue weighted by Crippen LogP contribution is 2.35. The minimum atomic E-state index is -0.804. The van der Waals surface area contributed by atoms with Crippen LogP contribution in [-0.2, 0) is 4.79 Å². The van der Waals surface area contributed by atoms with Crippen LogP contribution in [0.1, 0.15) is 12.8 Å². The number of aliphatic hydroxyl groups is 1. The molecule has 7 nitrogen and oxygen atoms in total. The number of halogens is 1. The first-order chi connectivity index (χ1) is 10.1. The summed E-state index contributed by atoms with van der Waals surface area (Å²) in [6.45, 7) is 0.383. The molecule has 4 N–H and O–H groups in total. The second kappa shape index (κ2) is 6.60. The lowest BCUT2D eigenvalue weighted by molar-refractivity contribution is -0.123. The second-order valence-corrected chi connectivity index (χ2v) is 5.35. The summed E-state index contributed by atoms with van der Waals surface area (Å²) in [7, 11) is 0. The van der Waals surface area contributed by atoms with Gasteiger partial charge in [0.2, 0.25) is 12.7 Å². The van der Waals surface area contributed by atoms with Gasteiger partial charge in [0.15, 0.2) is 11.5 Å². The lowest BCUT2D eigenvalue weighted by atomic mass is 10.2. The number of ether oxygens (including phenoxy) is 3. The van der Waals surface area contributed by atoms with Crippen molar-refractivity contribution in [3.63, 3.8) is 0 Å². The van der Waals surface area contributed by atoms with E-state index in [0.717, 1.165) is 0 Å². The van der Waals surface area contributed by atoms with Crippen LogP contribution in [0.2, 0.25) is 0 Å². The Hall–Kier alpha value is -1.70. The fourth-order valence-corrected chi connectivity index (χ4v) is 1.97. The van der Waals surface area contributed by atoms with Crippen LogP contribution in [0.15, 0.2) is 18.2 Å². The molecule has 1 aromatic rings. The lowest BCUT2D eigenvalue weighted by Gasteiger charge is -2.15. The number of benzene rings is 1. The number of hydrogen-bond acceptors (Lipinski definition) is 6.